The molecule has 12 heteroatoms. The van der Waals surface area contributed by atoms with E-state index in [4.69, 9.17) is 23.7 Å². The summed E-state index contributed by atoms with van der Waals surface area (Å²) in [7, 11) is 0. The van der Waals surface area contributed by atoms with Crippen molar-refractivity contribution in [3.8, 4) is 0 Å². The normalized spacial score (nSPS) is 18.8. The summed E-state index contributed by atoms with van der Waals surface area (Å²) < 4.78 is 28.3. The molecule has 0 aromatic rings. The number of hydrogen-bond acceptors (Lipinski definition) is 11. The van der Waals surface area contributed by atoms with Gasteiger partial charge >= 0.3 is 23.9 Å². The highest BCUT2D eigenvalue weighted by atomic mass is 16.7. The summed E-state index contributed by atoms with van der Waals surface area (Å²) in [6.45, 7) is 5.65. The summed E-state index contributed by atoms with van der Waals surface area (Å²) in [5, 5.41) is 31.5. The second-order valence-corrected chi connectivity index (χ2v) is 19.9. The number of carboxylic acids is 1. The number of carboxylic acid groups (broad SMARTS) is 1. The Morgan fingerprint density at radius 3 is 1.28 bits per heavy atom. The van der Waals surface area contributed by atoms with Crippen LogP contribution in [0.25, 0.3) is 0 Å². The van der Waals surface area contributed by atoms with Gasteiger partial charge in [-0.3, -0.25) is 14.4 Å². The summed E-state index contributed by atoms with van der Waals surface area (Å²) >= 11 is 0. The van der Waals surface area contributed by atoms with Gasteiger partial charge < -0.3 is 39.0 Å². The van der Waals surface area contributed by atoms with Crippen molar-refractivity contribution in [2.45, 2.75) is 250 Å². The van der Waals surface area contributed by atoms with Crippen LogP contribution in [-0.2, 0) is 42.9 Å². The largest absolute Gasteiger partial charge is 0.479 e. The van der Waals surface area contributed by atoms with Gasteiger partial charge in [0.05, 0.1) is 6.61 Å². The Labute approximate surface area is 477 Å². The lowest BCUT2D eigenvalue weighted by atomic mass is 9.98. The lowest BCUT2D eigenvalue weighted by Gasteiger charge is -2.40. The molecular formula is C67H104O12. The van der Waals surface area contributed by atoms with E-state index in [1.807, 2.05) is 18.2 Å². The number of aliphatic hydroxyl groups excluding tert-OH is 2. The molecule has 444 valence electrons. The van der Waals surface area contributed by atoms with E-state index in [2.05, 4.69) is 136 Å². The van der Waals surface area contributed by atoms with Gasteiger partial charge in [0.2, 0.25) is 0 Å². The topological polar surface area (TPSA) is 175 Å². The lowest BCUT2D eigenvalue weighted by molar-refractivity contribution is -0.301. The lowest BCUT2D eigenvalue weighted by Crippen LogP contribution is -2.61. The molecule has 0 saturated carbocycles. The third kappa shape index (κ3) is 43.4. The van der Waals surface area contributed by atoms with Crippen LogP contribution in [0.4, 0.5) is 0 Å². The third-order valence-corrected chi connectivity index (χ3v) is 12.7. The van der Waals surface area contributed by atoms with Gasteiger partial charge in [0.25, 0.3) is 0 Å². The zero-order valence-electron chi connectivity index (χ0n) is 48.8. The molecule has 1 aliphatic rings. The highest BCUT2D eigenvalue weighted by Crippen LogP contribution is 2.26. The zero-order valence-corrected chi connectivity index (χ0v) is 48.8. The fourth-order valence-electron chi connectivity index (χ4n) is 8.14. The van der Waals surface area contributed by atoms with Crippen LogP contribution < -0.4 is 0 Å². The molecule has 0 aromatic carbocycles. The minimum atomic E-state index is -1.94. The van der Waals surface area contributed by atoms with E-state index >= 15 is 0 Å². The van der Waals surface area contributed by atoms with Gasteiger partial charge in [-0.25, -0.2) is 4.79 Å². The molecule has 0 aliphatic carbocycles. The Morgan fingerprint density at radius 1 is 0.430 bits per heavy atom. The second kappa shape index (κ2) is 53.5. The van der Waals surface area contributed by atoms with E-state index in [0.29, 0.717) is 25.7 Å². The third-order valence-electron chi connectivity index (χ3n) is 12.7. The molecule has 1 aliphatic heterocycles. The minimum Gasteiger partial charge on any atom is -0.479 e. The van der Waals surface area contributed by atoms with Crippen molar-refractivity contribution in [1.82, 2.24) is 0 Å². The Hall–Kier alpha value is -5.14. The molecule has 6 atom stereocenters. The van der Waals surface area contributed by atoms with Crippen LogP contribution >= 0.6 is 0 Å². The molecule has 1 rings (SSSR count). The van der Waals surface area contributed by atoms with Crippen LogP contribution in [0.3, 0.4) is 0 Å². The standard InChI is InChI=1S/C67H104O12/c1-4-7-10-13-16-19-22-25-27-29-30-32-33-36-38-41-44-47-50-53-59(68)75-56-58(77-60(69)54-51-48-45-42-40-37-34-31-28-26-23-20-17-14-11-8-5-2)57-76-67-65(63(72)62(71)64(79-67)66(73)74)78-61(70)55-52-49-46-43-39-35-24-21-18-15-12-9-6-3/h7,9-10,12,16-21,25-28,30,32,35-36,38-39,46,49,58,62-65,67,71-72H,4-6,8,11,13-15,22-24,29,31,33-34,37,40-45,47-48,50-57H2,1-3H3,(H,73,74)/b10-7-,12-9-,19-16-,20-17-,21-18-,27-25-,28-26-,32-30-,38-36-,39-35-,49-46-. The molecule has 3 N–H and O–H groups in total. The highest BCUT2D eigenvalue weighted by molar-refractivity contribution is 5.74. The Morgan fingerprint density at radius 2 is 0.823 bits per heavy atom. The molecule has 12 nitrogen and oxygen atoms in total. The molecule has 0 spiro atoms. The van der Waals surface area contributed by atoms with Crippen LogP contribution in [0, 0.1) is 0 Å². The number of allylic oxidation sites excluding steroid dienone is 22. The van der Waals surface area contributed by atoms with Gasteiger partial charge in [0.15, 0.2) is 24.6 Å². The van der Waals surface area contributed by atoms with Crippen molar-refractivity contribution in [1.29, 1.82) is 0 Å². The maximum absolute atomic E-state index is 13.2. The SMILES string of the molecule is CC/C=C\C/C=C\C/C=C\C/C=C\C/C=C\CCCCCC(=O)OCC(COC1OC(C(=O)O)C(O)C(O)C1OC(=O)CC/C=C\C/C=C\C/C=C\C/C=C\CC)OC(=O)CCCCCCCCC/C=C\C/C=C\CCCCC. The average Bonchev–Trinajstić information content (AvgIpc) is 3.44. The van der Waals surface area contributed by atoms with E-state index in [1.165, 1.54) is 19.3 Å². The quantitative estimate of drug-likeness (QED) is 0.0228. The Balaban J connectivity index is 2.75. The number of aliphatic carboxylic acids is 1. The predicted molar refractivity (Wildman–Crippen MR) is 321 cm³/mol. The number of rotatable bonds is 49. The maximum Gasteiger partial charge on any atom is 0.335 e. The van der Waals surface area contributed by atoms with Crippen LogP contribution in [0.15, 0.2) is 134 Å². The number of carbonyl (C=O) groups excluding carboxylic acids is 3. The molecule has 79 heavy (non-hydrogen) atoms. The van der Waals surface area contributed by atoms with Crippen molar-refractivity contribution in [3.05, 3.63) is 134 Å². The fraction of sp³-hybridized carbons (Fsp3) is 0.612. The Kier molecular flexibility index (Phi) is 48.7. The molecule has 1 saturated heterocycles. The van der Waals surface area contributed by atoms with E-state index < -0.39 is 67.3 Å². The van der Waals surface area contributed by atoms with Gasteiger partial charge in [-0.2, -0.15) is 0 Å². The first-order valence-corrected chi connectivity index (χ1v) is 30.2. The van der Waals surface area contributed by atoms with Crippen LogP contribution in [0.1, 0.15) is 213 Å². The highest BCUT2D eigenvalue weighted by Gasteiger charge is 2.50. The predicted octanol–water partition coefficient (Wildman–Crippen LogP) is 15.8. The van der Waals surface area contributed by atoms with Crippen molar-refractivity contribution in [3.63, 3.8) is 0 Å². The van der Waals surface area contributed by atoms with Gasteiger partial charge in [-0.1, -0.05) is 206 Å². The second-order valence-electron chi connectivity index (χ2n) is 19.9. The maximum atomic E-state index is 13.2. The van der Waals surface area contributed by atoms with Gasteiger partial charge in [-0.15, -0.1) is 0 Å². The number of hydrogen-bond donors (Lipinski definition) is 3. The summed E-state index contributed by atoms with van der Waals surface area (Å²) in [5.41, 5.74) is 0. The molecule has 6 unspecified atom stereocenters. The minimum absolute atomic E-state index is 0.0721. The van der Waals surface area contributed by atoms with E-state index in [9.17, 15) is 34.5 Å². The smallest absolute Gasteiger partial charge is 0.335 e. The molecule has 0 radical (unpaired) electrons. The molecule has 0 amide bonds. The molecule has 1 heterocycles. The Bertz CT molecular complexity index is 1880. The van der Waals surface area contributed by atoms with Gasteiger partial charge in [0, 0.05) is 19.3 Å². The summed E-state index contributed by atoms with van der Waals surface area (Å²) in [6.07, 6.45) is 62.9. The first-order valence-electron chi connectivity index (χ1n) is 30.2. The first kappa shape index (κ1) is 71.9. The fourth-order valence-corrected chi connectivity index (χ4v) is 8.14. The number of unbranched alkanes of at least 4 members (excludes halogenated alkanes) is 13. The van der Waals surface area contributed by atoms with E-state index in [0.717, 1.165) is 128 Å². The molecule has 0 aromatic heterocycles. The monoisotopic (exact) mass is 1100 g/mol. The van der Waals surface area contributed by atoms with E-state index in [1.54, 1.807) is 0 Å². The molecule has 0 bridgehead atoms. The number of carbonyl (C=O) groups is 4. The van der Waals surface area contributed by atoms with Crippen molar-refractivity contribution in [2.75, 3.05) is 13.2 Å². The van der Waals surface area contributed by atoms with Crippen LogP contribution in [-0.4, -0.2) is 89.2 Å². The number of esters is 3. The van der Waals surface area contributed by atoms with Crippen molar-refractivity contribution >= 4 is 23.9 Å². The van der Waals surface area contributed by atoms with Crippen LogP contribution in [0.5, 0.6) is 0 Å². The zero-order chi connectivity index (χ0) is 57.5. The van der Waals surface area contributed by atoms with Crippen LogP contribution in [0.2, 0.25) is 0 Å². The van der Waals surface area contributed by atoms with Gasteiger partial charge in [-0.05, 0) is 122 Å². The summed E-state index contributed by atoms with van der Waals surface area (Å²) in [5.74, 6) is -3.30. The van der Waals surface area contributed by atoms with E-state index in [-0.39, 0.29) is 25.9 Å². The van der Waals surface area contributed by atoms with Gasteiger partial charge in [0.1, 0.15) is 18.8 Å². The van der Waals surface area contributed by atoms with Crippen molar-refractivity contribution < 1.29 is 58.2 Å². The summed E-state index contributed by atoms with van der Waals surface area (Å²) in [4.78, 5) is 51.1. The number of ether oxygens (including phenoxy) is 5. The molecule has 1 fully saturated rings. The number of aliphatic hydroxyl groups is 2. The average molecular weight is 1100 g/mol. The molecular weight excluding hydrogens is 997 g/mol. The summed E-state index contributed by atoms with van der Waals surface area (Å²) in [6, 6.07) is 0. The first-order chi connectivity index (χ1) is 38.6. The van der Waals surface area contributed by atoms with Crippen molar-refractivity contribution in [2.24, 2.45) is 0 Å².